The Morgan fingerprint density at radius 1 is 1.57 bits per heavy atom. The number of hydrogen-bond acceptors (Lipinski definition) is 5. The van der Waals surface area contributed by atoms with Gasteiger partial charge in [-0.2, -0.15) is 0 Å². The first-order valence-corrected chi connectivity index (χ1v) is 6.04. The van der Waals surface area contributed by atoms with Crippen LogP contribution in [0.5, 0.6) is 5.75 Å². The third-order valence-electron chi connectivity index (χ3n) is 1.35. The van der Waals surface area contributed by atoms with Crippen LogP contribution in [0.2, 0.25) is 0 Å². The van der Waals surface area contributed by atoms with Crippen molar-refractivity contribution in [2.75, 3.05) is 6.26 Å². The number of thiocarbonyl (C=S) groups is 1. The largest absolute Gasteiger partial charge is 0.415 e. The van der Waals surface area contributed by atoms with E-state index in [2.05, 4.69) is 20.9 Å². The maximum atomic E-state index is 5.25. The van der Waals surface area contributed by atoms with Crippen LogP contribution in [-0.2, 0) is 4.18 Å². The zero-order valence-electron chi connectivity index (χ0n) is 7.61. The Labute approximate surface area is 101 Å². The molecule has 0 aromatic carbocycles. The lowest BCUT2D eigenvalue weighted by atomic mass is 10.3. The Morgan fingerprint density at radius 3 is 2.86 bits per heavy atom. The highest BCUT2D eigenvalue weighted by Gasteiger charge is 2.05. The molecule has 1 rings (SSSR count). The van der Waals surface area contributed by atoms with E-state index < -0.39 is 0 Å². The molecule has 6 heteroatoms. The normalized spacial score (nSPS) is 9.64. The number of aryl methyl sites for hydroxylation is 1. The fraction of sp³-hybridized carbons (Fsp3) is 0.250. The molecule has 1 aromatic rings. The number of rotatable bonds is 2. The van der Waals surface area contributed by atoms with E-state index in [-0.39, 0.29) is 5.24 Å². The lowest BCUT2D eigenvalue weighted by Crippen LogP contribution is -2.07. The molecule has 0 saturated heterocycles. The van der Waals surface area contributed by atoms with Gasteiger partial charge in [-0.1, -0.05) is 0 Å². The molecule has 0 atom stereocenters. The van der Waals surface area contributed by atoms with Gasteiger partial charge >= 0.3 is 5.24 Å². The van der Waals surface area contributed by atoms with Crippen molar-refractivity contribution in [2.45, 2.75) is 6.92 Å². The first-order valence-electron chi connectivity index (χ1n) is 3.69. The Bertz CT molecular complexity index is 346. The van der Waals surface area contributed by atoms with Gasteiger partial charge in [0.15, 0.2) is 5.75 Å². The number of halogens is 1. The summed E-state index contributed by atoms with van der Waals surface area (Å²) in [6.07, 6.45) is 1.77. The van der Waals surface area contributed by atoms with Crippen LogP contribution in [0.25, 0.3) is 0 Å². The average Bonchev–Trinajstić information content (AvgIpc) is 2.10. The zero-order chi connectivity index (χ0) is 10.6. The van der Waals surface area contributed by atoms with E-state index >= 15 is 0 Å². The molecule has 0 unspecified atom stereocenters. The van der Waals surface area contributed by atoms with Crippen LogP contribution < -0.4 is 4.74 Å². The quantitative estimate of drug-likeness (QED) is 0.475. The highest BCUT2D eigenvalue weighted by molar-refractivity contribution is 9.10. The second-order valence-corrected chi connectivity index (χ2v) is 3.97. The van der Waals surface area contributed by atoms with Crippen LogP contribution >= 0.6 is 40.2 Å². The van der Waals surface area contributed by atoms with Crippen LogP contribution in [0.1, 0.15) is 5.69 Å². The summed E-state index contributed by atoms with van der Waals surface area (Å²) in [6.45, 7) is 1.84. The highest BCUT2D eigenvalue weighted by Crippen LogP contribution is 2.19. The molecule has 0 amide bonds. The molecule has 0 fully saturated rings. The number of aromatic nitrogens is 1. The van der Waals surface area contributed by atoms with Crippen molar-refractivity contribution in [2.24, 2.45) is 0 Å². The van der Waals surface area contributed by atoms with Crippen LogP contribution in [0.3, 0.4) is 0 Å². The maximum absolute atomic E-state index is 5.25. The Morgan fingerprint density at radius 2 is 2.29 bits per heavy atom. The molecule has 0 aliphatic carbocycles. The van der Waals surface area contributed by atoms with E-state index in [4.69, 9.17) is 21.1 Å². The van der Waals surface area contributed by atoms with Gasteiger partial charge in [-0.25, -0.2) is 4.98 Å². The van der Waals surface area contributed by atoms with Crippen molar-refractivity contribution in [1.29, 1.82) is 0 Å². The SMILES string of the molecule is CSOC(=S)Oc1ccc(Br)nc1C. The van der Waals surface area contributed by atoms with Gasteiger partial charge in [-0.3, -0.25) is 0 Å². The topological polar surface area (TPSA) is 31.4 Å². The number of pyridine rings is 1. The summed E-state index contributed by atoms with van der Waals surface area (Å²) < 4.78 is 10.9. The van der Waals surface area contributed by atoms with Gasteiger partial charge in [-0.05, 0) is 35.0 Å². The van der Waals surface area contributed by atoms with E-state index in [9.17, 15) is 0 Å². The van der Waals surface area contributed by atoms with Crippen LogP contribution in [0, 0.1) is 6.92 Å². The van der Waals surface area contributed by atoms with Crippen molar-refractivity contribution in [3.63, 3.8) is 0 Å². The lowest BCUT2D eigenvalue weighted by Gasteiger charge is -2.07. The summed E-state index contributed by atoms with van der Waals surface area (Å²) in [6, 6.07) is 3.56. The van der Waals surface area contributed by atoms with Gasteiger partial charge in [0.25, 0.3) is 0 Å². The molecular weight excluding hydrogens is 286 g/mol. The number of hydrogen-bond donors (Lipinski definition) is 0. The van der Waals surface area contributed by atoms with Crippen LogP contribution in [0.15, 0.2) is 16.7 Å². The minimum absolute atomic E-state index is 0.0877. The van der Waals surface area contributed by atoms with Gasteiger partial charge in [0.05, 0.1) is 17.7 Å². The molecule has 1 aromatic heterocycles. The standard InChI is InChI=1S/C8H8BrNO2S2/c1-5-6(3-4-7(9)10-5)11-8(13)12-14-2/h3-4H,1-2H3. The molecule has 0 aliphatic heterocycles. The molecule has 0 spiro atoms. The van der Waals surface area contributed by atoms with Gasteiger partial charge < -0.3 is 8.92 Å². The van der Waals surface area contributed by atoms with Crippen LogP contribution in [0.4, 0.5) is 0 Å². The van der Waals surface area contributed by atoms with Gasteiger partial charge in [0.1, 0.15) is 4.60 Å². The van der Waals surface area contributed by atoms with Gasteiger partial charge in [0.2, 0.25) is 0 Å². The van der Waals surface area contributed by atoms with Crippen molar-refractivity contribution in [3.05, 3.63) is 22.4 Å². The Hall–Kier alpha value is -0.330. The van der Waals surface area contributed by atoms with E-state index in [0.29, 0.717) is 5.75 Å². The molecule has 0 saturated carbocycles. The summed E-state index contributed by atoms with van der Waals surface area (Å²) >= 11 is 9.22. The first kappa shape index (κ1) is 11.7. The molecule has 0 bridgehead atoms. The molecule has 14 heavy (non-hydrogen) atoms. The van der Waals surface area contributed by atoms with E-state index in [0.717, 1.165) is 22.3 Å². The highest BCUT2D eigenvalue weighted by atomic mass is 79.9. The fourth-order valence-electron chi connectivity index (χ4n) is 0.800. The first-order chi connectivity index (χ1) is 6.63. The zero-order valence-corrected chi connectivity index (χ0v) is 10.8. The third kappa shape index (κ3) is 3.43. The summed E-state index contributed by atoms with van der Waals surface area (Å²) in [4.78, 5) is 4.16. The summed E-state index contributed by atoms with van der Waals surface area (Å²) in [7, 11) is 0. The smallest absolute Gasteiger partial charge is 0.370 e. The second-order valence-electron chi connectivity index (χ2n) is 2.32. The molecule has 3 nitrogen and oxygen atoms in total. The van der Waals surface area contributed by atoms with Crippen molar-refractivity contribution < 1.29 is 8.92 Å². The third-order valence-corrected chi connectivity index (χ3v) is 2.38. The van der Waals surface area contributed by atoms with Gasteiger partial charge in [-0.15, -0.1) is 0 Å². The molecular formula is C8H8BrNO2S2. The summed E-state index contributed by atoms with van der Waals surface area (Å²) in [5, 5.41) is 0.0877. The summed E-state index contributed by atoms with van der Waals surface area (Å²) in [5.74, 6) is 0.604. The molecule has 0 aliphatic rings. The molecule has 76 valence electrons. The average molecular weight is 294 g/mol. The molecule has 1 heterocycles. The van der Waals surface area contributed by atoms with Crippen molar-refractivity contribution in [3.8, 4) is 5.75 Å². The van der Waals surface area contributed by atoms with E-state index in [1.165, 1.54) is 0 Å². The van der Waals surface area contributed by atoms with E-state index in [1.54, 1.807) is 18.4 Å². The van der Waals surface area contributed by atoms with Gasteiger partial charge in [0, 0.05) is 18.5 Å². The van der Waals surface area contributed by atoms with E-state index in [1.807, 2.05) is 6.92 Å². The maximum Gasteiger partial charge on any atom is 0.370 e. The Kier molecular flexibility index (Phi) is 4.64. The van der Waals surface area contributed by atoms with Crippen LogP contribution in [-0.4, -0.2) is 16.5 Å². The lowest BCUT2D eigenvalue weighted by molar-refractivity contribution is 0.434. The minimum atomic E-state index is 0.0877. The minimum Gasteiger partial charge on any atom is -0.415 e. The number of ether oxygens (including phenoxy) is 1. The Balaban J connectivity index is 2.72. The van der Waals surface area contributed by atoms with Crippen molar-refractivity contribution >= 4 is 45.4 Å². The van der Waals surface area contributed by atoms with Crippen molar-refractivity contribution in [1.82, 2.24) is 4.98 Å². The predicted octanol–water partition coefficient (Wildman–Crippen LogP) is 3.11. The molecule has 0 radical (unpaired) electrons. The summed E-state index contributed by atoms with van der Waals surface area (Å²) in [5.41, 5.74) is 0.756. The molecule has 0 N–H and O–H groups in total. The second kappa shape index (κ2) is 5.53. The number of nitrogens with zero attached hydrogens (tertiary/aromatic N) is 1. The fourth-order valence-corrected chi connectivity index (χ4v) is 1.66. The monoisotopic (exact) mass is 293 g/mol. The predicted molar refractivity (Wildman–Crippen MR) is 64.5 cm³/mol.